The summed E-state index contributed by atoms with van der Waals surface area (Å²) in [5, 5.41) is 0. The first-order valence-corrected chi connectivity index (χ1v) is 9.11. The van der Waals surface area contributed by atoms with E-state index in [1.165, 1.54) is 0 Å². The fourth-order valence-electron chi connectivity index (χ4n) is 3.08. The number of nitrogens with zero attached hydrogens (tertiary/aromatic N) is 1. The summed E-state index contributed by atoms with van der Waals surface area (Å²) in [5.41, 5.74) is 1.08. The van der Waals surface area contributed by atoms with Crippen LogP contribution in [-0.4, -0.2) is 31.1 Å². The van der Waals surface area contributed by atoms with Gasteiger partial charge in [0, 0.05) is 19.0 Å². The number of methoxy groups -OCH3 is 2. The van der Waals surface area contributed by atoms with E-state index < -0.39 is 0 Å². The highest BCUT2D eigenvalue weighted by atomic mass is 16.5. The van der Waals surface area contributed by atoms with Crippen LogP contribution in [0.3, 0.4) is 0 Å². The first kappa shape index (κ1) is 20.3. The molecule has 0 N–H and O–H groups in total. The summed E-state index contributed by atoms with van der Waals surface area (Å²) in [6.45, 7) is 7.05. The molecule has 0 saturated carbocycles. The average Bonchev–Trinajstić information content (AvgIpc) is 2.59. The lowest BCUT2D eigenvalue weighted by Crippen LogP contribution is -2.39. The van der Waals surface area contributed by atoms with Crippen molar-refractivity contribution in [2.75, 3.05) is 14.2 Å². The number of hydrogen-bond acceptors (Lipinski definition) is 3. The van der Waals surface area contributed by atoms with Crippen molar-refractivity contribution in [2.24, 2.45) is 0 Å². The van der Waals surface area contributed by atoms with Crippen LogP contribution < -0.4 is 9.47 Å². The van der Waals surface area contributed by atoms with Gasteiger partial charge in [0.1, 0.15) is 0 Å². The molecule has 1 amide bonds. The summed E-state index contributed by atoms with van der Waals surface area (Å²) in [6.07, 6.45) is 5.77. The quantitative estimate of drug-likeness (QED) is 0.583. The third-order valence-corrected chi connectivity index (χ3v) is 4.27. The van der Waals surface area contributed by atoms with Gasteiger partial charge in [-0.3, -0.25) is 4.79 Å². The molecule has 0 aromatic heterocycles. The Hall–Kier alpha value is -1.71. The molecular formula is C20H33NO3. The highest BCUT2D eigenvalue weighted by Crippen LogP contribution is 2.29. The van der Waals surface area contributed by atoms with Crippen LogP contribution in [0.25, 0.3) is 0 Å². The van der Waals surface area contributed by atoms with Crippen molar-refractivity contribution in [2.45, 2.75) is 71.9 Å². The Labute approximate surface area is 147 Å². The number of hydrogen-bond donors (Lipinski definition) is 0. The summed E-state index contributed by atoms with van der Waals surface area (Å²) in [4.78, 5) is 14.8. The van der Waals surface area contributed by atoms with E-state index in [0.29, 0.717) is 30.5 Å². The molecule has 1 aromatic carbocycles. The first-order valence-electron chi connectivity index (χ1n) is 9.11. The summed E-state index contributed by atoms with van der Waals surface area (Å²) in [6, 6.07) is 6.21. The third kappa shape index (κ3) is 5.73. The van der Waals surface area contributed by atoms with E-state index in [9.17, 15) is 4.79 Å². The predicted molar refractivity (Wildman–Crippen MR) is 98.6 cm³/mol. The normalized spacial score (nSPS) is 10.8. The van der Waals surface area contributed by atoms with Gasteiger partial charge in [0.25, 0.3) is 0 Å². The second kappa shape index (κ2) is 11.0. The Balaban J connectivity index is 3.04. The Morgan fingerprint density at radius 2 is 1.62 bits per heavy atom. The zero-order valence-electron chi connectivity index (χ0n) is 15.9. The molecule has 24 heavy (non-hydrogen) atoms. The topological polar surface area (TPSA) is 38.8 Å². The van der Waals surface area contributed by atoms with Crippen LogP contribution in [-0.2, 0) is 11.3 Å². The SMILES string of the molecule is CCCC(=O)N(Cc1ccc(OC)c(OC)c1)C(CCC)CCC. The monoisotopic (exact) mass is 335 g/mol. The molecule has 1 aromatic rings. The maximum absolute atomic E-state index is 12.7. The van der Waals surface area contributed by atoms with Crippen LogP contribution in [0.5, 0.6) is 11.5 Å². The molecule has 0 aliphatic heterocycles. The molecule has 0 radical (unpaired) electrons. The summed E-state index contributed by atoms with van der Waals surface area (Å²) >= 11 is 0. The van der Waals surface area contributed by atoms with Crippen molar-refractivity contribution in [3.8, 4) is 11.5 Å². The maximum atomic E-state index is 12.7. The van der Waals surface area contributed by atoms with Gasteiger partial charge in [-0.2, -0.15) is 0 Å². The number of benzene rings is 1. The standard InChI is InChI=1S/C20H33NO3/c1-6-9-17(10-7-2)21(20(22)11-8-3)15-16-12-13-18(23-4)19(14-16)24-5/h12-14,17H,6-11,15H2,1-5H3. The molecule has 0 unspecified atom stereocenters. The molecule has 0 heterocycles. The van der Waals surface area contributed by atoms with Crippen LogP contribution in [0.1, 0.15) is 64.9 Å². The molecule has 0 aliphatic rings. The molecule has 136 valence electrons. The molecule has 0 aliphatic carbocycles. The van der Waals surface area contributed by atoms with Crippen molar-refractivity contribution in [3.63, 3.8) is 0 Å². The third-order valence-electron chi connectivity index (χ3n) is 4.27. The van der Waals surface area contributed by atoms with Crippen LogP contribution >= 0.6 is 0 Å². The lowest BCUT2D eigenvalue weighted by atomic mass is 10.0. The van der Waals surface area contributed by atoms with E-state index in [1.807, 2.05) is 18.2 Å². The van der Waals surface area contributed by atoms with Gasteiger partial charge in [0.15, 0.2) is 11.5 Å². The van der Waals surface area contributed by atoms with E-state index in [2.05, 4.69) is 25.7 Å². The summed E-state index contributed by atoms with van der Waals surface area (Å²) < 4.78 is 10.7. The van der Waals surface area contributed by atoms with Gasteiger partial charge < -0.3 is 14.4 Å². The minimum absolute atomic E-state index is 0.249. The van der Waals surface area contributed by atoms with E-state index in [-0.39, 0.29) is 5.91 Å². The Morgan fingerprint density at radius 3 is 2.12 bits per heavy atom. The van der Waals surface area contributed by atoms with Crippen LogP contribution in [0.4, 0.5) is 0 Å². The minimum Gasteiger partial charge on any atom is -0.493 e. The largest absolute Gasteiger partial charge is 0.493 e. The Bertz CT molecular complexity index is 496. The number of carbonyl (C=O) groups excluding carboxylic acids is 1. The highest BCUT2D eigenvalue weighted by molar-refractivity contribution is 5.76. The second-order valence-corrected chi connectivity index (χ2v) is 6.19. The van der Waals surface area contributed by atoms with Crippen molar-refractivity contribution >= 4 is 5.91 Å². The molecule has 0 bridgehead atoms. The van der Waals surface area contributed by atoms with Crippen molar-refractivity contribution in [1.29, 1.82) is 0 Å². The average molecular weight is 335 g/mol. The highest BCUT2D eigenvalue weighted by Gasteiger charge is 2.22. The zero-order valence-corrected chi connectivity index (χ0v) is 15.9. The number of rotatable bonds is 11. The molecule has 0 spiro atoms. The van der Waals surface area contributed by atoms with Crippen LogP contribution in [0.15, 0.2) is 18.2 Å². The van der Waals surface area contributed by atoms with Crippen LogP contribution in [0.2, 0.25) is 0 Å². The summed E-state index contributed by atoms with van der Waals surface area (Å²) in [5.74, 6) is 1.67. The molecule has 0 atom stereocenters. The van der Waals surface area contributed by atoms with E-state index in [0.717, 1.165) is 37.7 Å². The van der Waals surface area contributed by atoms with Crippen molar-refractivity contribution < 1.29 is 14.3 Å². The molecule has 4 nitrogen and oxygen atoms in total. The van der Waals surface area contributed by atoms with Gasteiger partial charge in [0.2, 0.25) is 5.91 Å². The fraction of sp³-hybridized carbons (Fsp3) is 0.650. The first-order chi connectivity index (χ1) is 11.6. The predicted octanol–water partition coefficient (Wildman–Crippen LogP) is 4.80. The second-order valence-electron chi connectivity index (χ2n) is 6.19. The molecule has 0 saturated heterocycles. The van der Waals surface area contributed by atoms with Gasteiger partial charge in [0.05, 0.1) is 14.2 Å². The number of ether oxygens (including phenoxy) is 2. The molecular weight excluding hydrogens is 302 g/mol. The van der Waals surface area contributed by atoms with Gasteiger partial charge >= 0.3 is 0 Å². The van der Waals surface area contributed by atoms with E-state index in [1.54, 1.807) is 14.2 Å². The van der Waals surface area contributed by atoms with Crippen molar-refractivity contribution in [3.05, 3.63) is 23.8 Å². The lowest BCUT2D eigenvalue weighted by molar-refractivity contribution is -0.134. The minimum atomic E-state index is 0.249. The van der Waals surface area contributed by atoms with E-state index >= 15 is 0 Å². The number of carbonyl (C=O) groups is 1. The Morgan fingerprint density at radius 1 is 1.00 bits per heavy atom. The fourth-order valence-corrected chi connectivity index (χ4v) is 3.08. The van der Waals surface area contributed by atoms with E-state index in [4.69, 9.17) is 9.47 Å². The van der Waals surface area contributed by atoms with Crippen molar-refractivity contribution in [1.82, 2.24) is 4.90 Å². The molecule has 0 fully saturated rings. The summed E-state index contributed by atoms with van der Waals surface area (Å²) in [7, 11) is 3.27. The van der Waals surface area contributed by atoms with Gasteiger partial charge in [-0.15, -0.1) is 0 Å². The lowest BCUT2D eigenvalue weighted by Gasteiger charge is -2.32. The maximum Gasteiger partial charge on any atom is 0.223 e. The van der Waals surface area contributed by atoms with Gasteiger partial charge in [-0.1, -0.05) is 39.7 Å². The Kier molecular flexibility index (Phi) is 9.28. The zero-order chi connectivity index (χ0) is 17.9. The van der Waals surface area contributed by atoms with Crippen LogP contribution in [0, 0.1) is 0 Å². The molecule has 1 rings (SSSR count). The van der Waals surface area contributed by atoms with Gasteiger partial charge in [-0.05, 0) is 37.0 Å². The van der Waals surface area contributed by atoms with Gasteiger partial charge in [-0.25, -0.2) is 0 Å². The smallest absolute Gasteiger partial charge is 0.223 e. The number of amides is 1. The molecule has 4 heteroatoms.